The van der Waals surface area contributed by atoms with Gasteiger partial charge in [0, 0.05) is 18.4 Å². The highest BCUT2D eigenvalue weighted by Gasteiger charge is 2.22. The number of unbranched alkanes of at least 4 members (excludes halogenated alkanes) is 1. The summed E-state index contributed by atoms with van der Waals surface area (Å²) in [5.74, 6) is -0.392. The van der Waals surface area contributed by atoms with E-state index in [9.17, 15) is 9.59 Å². The largest absolute Gasteiger partial charge is 0.349 e. The Morgan fingerprint density at radius 1 is 1.07 bits per heavy atom. The van der Waals surface area contributed by atoms with Crippen molar-refractivity contribution in [1.29, 1.82) is 0 Å². The average Bonchev–Trinajstić information content (AvgIpc) is 3.04. The molecule has 0 fully saturated rings. The molecule has 3 rings (SSSR count). The first-order valence-corrected chi connectivity index (χ1v) is 9.56. The first kappa shape index (κ1) is 19.6. The third-order valence-corrected chi connectivity index (χ3v) is 4.70. The minimum atomic E-state index is -0.327. The summed E-state index contributed by atoms with van der Waals surface area (Å²) >= 11 is 0. The van der Waals surface area contributed by atoms with Gasteiger partial charge in [0.1, 0.15) is 0 Å². The first-order valence-electron chi connectivity index (χ1n) is 9.56. The van der Waals surface area contributed by atoms with Crippen LogP contribution in [0.4, 0.5) is 5.69 Å². The Morgan fingerprint density at radius 3 is 2.46 bits per heavy atom. The smallest absolute Gasteiger partial charge is 0.287 e. The number of carbonyl (C=O) groups excluding carboxylic acids is 2. The molecule has 0 atom stereocenters. The Hall–Kier alpha value is -3.15. The summed E-state index contributed by atoms with van der Waals surface area (Å²) < 4.78 is 1.66. The third kappa shape index (κ3) is 3.91. The quantitative estimate of drug-likeness (QED) is 0.636. The van der Waals surface area contributed by atoms with Gasteiger partial charge in [0.2, 0.25) is 5.82 Å². The SMILES string of the molecule is CCCCNC(=O)c1nc(C(=O)Nc2c(C)cc(C)cc2C)c2ccccn12. The fourth-order valence-corrected chi connectivity index (χ4v) is 3.37. The van der Waals surface area contributed by atoms with Crippen LogP contribution < -0.4 is 10.6 Å². The molecular formula is C22H26N4O2. The van der Waals surface area contributed by atoms with Gasteiger partial charge in [-0.3, -0.25) is 14.0 Å². The minimum absolute atomic E-state index is 0.217. The van der Waals surface area contributed by atoms with Gasteiger partial charge in [-0.25, -0.2) is 4.98 Å². The number of imidazole rings is 1. The number of pyridine rings is 1. The maximum Gasteiger partial charge on any atom is 0.287 e. The van der Waals surface area contributed by atoms with E-state index in [0.29, 0.717) is 12.1 Å². The molecule has 0 saturated carbocycles. The molecule has 0 aliphatic rings. The van der Waals surface area contributed by atoms with E-state index in [0.717, 1.165) is 35.2 Å². The van der Waals surface area contributed by atoms with Gasteiger partial charge in [-0.1, -0.05) is 37.1 Å². The van der Waals surface area contributed by atoms with Crippen molar-refractivity contribution in [2.24, 2.45) is 0 Å². The van der Waals surface area contributed by atoms with Crippen molar-refractivity contribution in [1.82, 2.24) is 14.7 Å². The molecule has 0 bridgehead atoms. The Balaban J connectivity index is 1.95. The van der Waals surface area contributed by atoms with Crippen molar-refractivity contribution in [2.45, 2.75) is 40.5 Å². The van der Waals surface area contributed by atoms with Crippen molar-refractivity contribution < 1.29 is 9.59 Å². The lowest BCUT2D eigenvalue weighted by Gasteiger charge is -2.12. The normalized spacial score (nSPS) is 10.9. The summed E-state index contributed by atoms with van der Waals surface area (Å²) in [7, 11) is 0. The zero-order valence-electron chi connectivity index (χ0n) is 16.8. The molecule has 2 heterocycles. The lowest BCUT2D eigenvalue weighted by Crippen LogP contribution is -2.26. The number of anilines is 1. The molecule has 0 unspecified atom stereocenters. The van der Waals surface area contributed by atoms with Crippen LogP contribution in [0.5, 0.6) is 0 Å². The monoisotopic (exact) mass is 378 g/mol. The molecule has 6 nitrogen and oxygen atoms in total. The van der Waals surface area contributed by atoms with Crippen LogP contribution in [-0.4, -0.2) is 27.7 Å². The van der Waals surface area contributed by atoms with Gasteiger partial charge in [-0.05, 0) is 50.5 Å². The number of aryl methyl sites for hydroxylation is 3. The van der Waals surface area contributed by atoms with Crippen molar-refractivity contribution in [3.63, 3.8) is 0 Å². The van der Waals surface area contributed by atoms with E-state index in [2.05, 4.69) is 22.5 Å². The van der Waals surface area contributed by atoms with Crippen LogP contribution in [0.15, 0.2) is 36.5 Å². The van der Waals surface area contributed by atoms with Crippen LogP contribution in [-0.2, 0) is 0 Å². The third-order valence-electron chi connectivity index (χ3n) is 4.70. The van der Waals surface area contributed by atoms with E-state index in [1.54, 1.807) is 16.7 Å². The molecule has 2 amide bonds. The number of amides is 2. The molecule has 6 heteroatoms. The fourth-order valence-electron chi connectivity index (χ4n) is 3.37. The Bertz CT molecular complexity index is 1010. The molecule has 1 aromatic carbocycles. The van der Waals surface area contributed by atoms with Gasteiger partial charge >= 0.3 is 0 Å². The Morgan fingerprint density at radius 2 is 1.79 bits per heavy atom. The van der Waals surface area contributed by atoms with E-state index >= 15 is 0 Å². The van der Waals surface area contributed by atoms with E-state index in [-0.39, 0.29) is 23.3 Å². The van der Waals surface area contributed by atoms with Crippen LogP contribution in [0, 0.1) is 20.8 Å². The molecule has 28 heavy (non-hydrogen) atoms. The number of fused-ring (bicyclic) bond motifs is 1. The van der Waals surface area contributed by atoms with Gasteiger partial charge in [0.25, 0.3) is 11.8 Å². The molecule has 0 spiro atoms. The molecule has 2 aromatic heterocycles. The predicted octanol–water partition coefficient (Wildman–Crippen LogP) is 4.04. The van der Waals surface area contributed by atoms with Crippen molar-refractivity contribution in [3.8, 4) is 0 Å². The highest BCUT2D eigenvalue weighted by atomic mass is 16.2. The number of hydrogen-bond donors (Lipinski definition) is 2. The van der Waals surface area contributed by atoms with E-state index in [1.165, 1.54) is 0 Å². The molecule has 0 radical (unpaired) electrons. The maximum absolute atomic E-state index is 13.0. The molecular weight excluding hydrogens is 352 g/mol. The zero-order valence-corrected chi connectivity index (χ0v) is 16.8. The van der Waals surface area contributed by atoms with Crippen molar-refractivity contribution in [2.75, 3.05) is 11.9 Å². The number of hydrogen-bond acceptors (Lipinski definition) is 3. The summed E-state index contributed by atoms with van der Waals surface area (Å²) in [6.07, 6.45) is 3.64. The summed E-state index contributed by atoms with van der Waals surface area (Å²) in [4.78, 5) is 29.9. The van der Waals surface area contributed by atoms with Crippen molar-refractivity contribution in [3.05, 3.63) is 64.7 Å². The predicted molar refractivity (Wildman–Crippen MR) is 111 cm³/mol. The van der Waals surface area contributed by atoms with E-state index in [1.807, 2.05) is 45.0 Å². The summed E-state index contributed by atoms with van der Waals surface area (Å²) in [6, 6.07) is 9.49. The van der Waals surface area contributed by atoms with E-state index < -0.39 is 0 Å². The molecule has 0 aliphatic carbocycles. The van der Waals surface area contributed by atoms with Gasteiger partial charge in [-0.2, -0.15) is 0 Å². The summed E-state index contributed by atoms with van der Waals surface area (Å²) in [6.45, 7) is 8.61. The second-order valence-corrected chi connectivity index (χ2v) is 7.08. The molecule has 146 valence electrons. The minimum Gasteiger partial charge on any atom is -0.349 e. The summed E-state index contributed by atoms with van der Waals surface area (Å²) in [5, 5.41) is 5.84. The van der Waals surface area contributed by atoms with Crippen LogP contribution in [0.3, 0.4) is 0 Å². The average molecular weight is 378 g/mol. The van der Waals surface area contributed by atoms with Crippen LogP contribution in [0.1, 0.15) is 57.6 Å². The Kier molecular flexibility index (Phi) is 5.78. The zero-order chi connectivity index (χ0) is 20.3. The number of nitrogens with one attached hydrogen (secondary N) is 2. The second kappa shape index (κ2) is 8.25. The fraction of sp³-hybridized carbons (Fsp3) is 0.318. The molecule has 0 saturated heterocycles. The van der Waals surface area contributed by atoms with Crippen LogP contribution >= 0.6 is 0 Å². The highest BCUT2D eigenvalue weighted by Crippen LogP contribution is 2.23. The highest BCUT2D eigenvalue weighted by molar-refractivity contribution is 6.09. The number of aromatic nitrogens is 2. The van der Waals surface area contributed by atoms with Gasteiger partial charge in [-0.15, -0.1) is 0 Å². The lowest BCUT2D eigenvalue weighted by atomic mass is 10.0. The number of nitrogens with zero attached hydrogens (tertiary/aromatic N) is 2. The van der Waals surface area contributed by atoms with Gasteiger partial charge < -0.3 is 10.6 Å². The lowest BCUT2D eigenvalue weighted by molar-refractivity contribution is 0.0942. The number of rotatable bonds is 6. The second-order valence-electron chi connectivity index (χ2n) is 7.08. The van der Waals surface area contributed by atoms with Crippen LogP contribution in [0.25, 0.3) is 5.52 Å². The van der Waals surface area contributed by atoms with Gasteiger partial charge in [0.05, 0.1) is 5.52 Å². The first-order chi connectivity index (χ1) is 13.4. The van der Waals surface area contributed by atoms with Gasteiger partial charge in [0.15, 0.2) is 5.69 Å². The topological polar surface area (TPSA) is 75.5 Å². The van der Waals surface area contributed by atoms with Crippen molar-refractivity contribution >= 4 is 23.0 Å². The number of carbonyl (C=O) groups is 2. The molecule has 0 aliphatic heterocycles. The summed E-state index contributed by atoms with van der Waals surface area (Å²) in [5.41, 5.74) is 4.75. The maximum atomic E-state index is 13.0. The standard InChI is InChI=1S/C22H26N4O2/c1-5-6-10-23-22(28)20-24-19(17-9-7-8-11-26(17)20)21(27)25-18-15(3)12-14(2)13-16(18)4/h7-9,11-13H,5-6,10H2,1-4H3,(H,23,28)(H,25,27). The van der Waals surface area contributed by atoms with Crippen LogP contribution in [0.2, 0.25) is 0 Å². The number of benzene rings is 1. The molecule has 3 aromatic rings. The molecule has 2 N–H and O–H groups in total. The van der Waals surface area contributed by atoms with E-state index in [4.69, 9.17) is 0 Å². The Labute approximate surface area is 165 Å².